The average molecular weight is 337 g/mol. The van der Waals surface area contributed by atoms with Gasteiger partial charge in [-0.3, -0.25) is 0 Å². The van der Waals surface area contributed by atoms with E-state index in [1.807, 2.05) is 66.7 Å². The van der Waals surface area contributed by atoms with Gasteiger partial charge in [-0.1, -0.05) is 54.6 Å². The molecule has 0 spiro atoms. The lowest BCUT2D eigenvalue weighted by molar-refractivity contribution is 0.371. The third-order valence-electron chi connectivity index (χ3n) is 3.92. The first kappa shape index (κ1) is 14.8. The highest BCUT2D eigenvalue weighted by atomic mass is 32.2. The van der Waals surface area contributed by atoms with E-state index in [1.54, 1.807) is 12.1 Å². The van der Waals surface area contributed by atoms with Crippen LogP contribution in [0.1, 0.15) is 0 Å². The first-order valence-electron chi connectivity index (χ1n) is 7.55. The number of benzene rings is 3. The molecule has 1 aliphatic rings. The Kier molecular flexibility index (Phi) is 3.50. The summed E-state index contributed by atoms with van der Waals surface area (Å²) in [5.74, 6) is 0.202. The fraction of sp³-hybridized carbons (Fsp3) is 0.0526. The highest BCUT2D eigenvalue weighted by Gasteiger charge is 2.32. The van der Waals surface area contributed by atoms with E-state index >= 15 is 0 Å². The fourth-order valence-electron chi connectivity index (χ4n) is 2.81. The van der Waals surface area contributed by atoms with Crippen molar-refractivity contribution in [2.24, 2.45) is 0 Å². The first-order valence-corrected chi connectivity index (χ1v) is 9.16. The largest absolute Gasteiger partial charge is 0.474 e. The Morgan fingerprint density at radius 3 is 2.17 bits per heavy atom. The van der Waals surface area contributed by atoms with Gasteiger partial charge >= 0.3 is 0 Å². The summed E-state index contributed by atoms with van der Waals surface area (Å²) in [7, 11) is -3.58. The van der Waals surface area contributed by atoms with Crippen molar-refractivity contribution >= 4 is 21.4 Å². The van der Waals surface area contributed by atoms with Gasteiger partial charge in [0.1, 0.15) is 5.75 Å². The lowest BCUT2D eigenvalue weighted by Crippen LogP contribution is -2.34. The molecular formula is C19H15NO3S. The molecule has 5 heteroatoms. The molecule has 0 saturated carbocycles. The van der Waals surface area contributed by atoms with Crippen LogP contribution in [-0.2, 0) is 10.0 Å². The maximum absolute atomic E-state index is 12.6. The van der Waals surface area contributed by atoms with E-state index < -0.39 is 10.0 Å². The molecule has 3 aromatic carbocycles. The van der Waals surface area contributed by atoms with Crippen LogP contribution in [-0.4, -0.2) is 14.4 Å². The van der Waals surface area contributed by atoms with Crippen LogP contribution in [0.3, 0.4) is 0 Å². The SMILES string of the molecule is O=S1(=O)COc2ccc(-c3ccccc3)cc2N1c1ccccc1. The molecule has 0 aliphatic carbocycles. The molecule has 0 radical (unpaired) electrons. The number of rotatable bonds is 2. The molecular weight excluding hydrogens is 322 g/mol. The van der Waals surface area contributed by atoms with Crippen LogP contribution in [0.5, 0.6) is 5.75 Å². The average Bonchev–Trinajstić information content (AvgIpc) is 2.62. The number of fused-ring (bicyclic) bond motifs is 1. The van der Waals surface area contributed by atoms with Crippen LogP contribution >= 0.6 is 0 Å². The number of anilines is 2. The molecule has 0 unspecified atom stereocenters. The predicted octanol–water partition coefficient (Wildman–Crippen LogP) is 4.17. The van der Waals surface area contributed by atoms with E-state index in [4.69, 9.17) is 4.74 Å². The zero-order valence-electron chi connectivity index (χ0n) is 12.8. The summed E-state index contributed by atoms with van der Waals surface area (Å²) in [5.41, 5.74) is 3.10. The quantitative estimate of drug-likeness (QED) is 0.705. The molecule has 4 rings (SSSR count). The topological polar surface area (TPSA) is 46.6 Å². The van der Waals surface area contributed by atoms with Gasteiger partial charge in [-0.05, 0) is 35.4 Å². The van der Waals surface area contributed by atoms with Crippen LogP contribution < -0.4 is 9.04 Å². The van der Waals surface area contributed by atoms with Crippen LogP contribution in [0, 0.1) is 0 Å². The lowest BCUT2D eigenvalue weighted by Gasteiger charge is -2.31. The predicted molar refractivity (Wildman–Crippen MR) is 94.9 cm³/mol. The molecule has 0 bridgehead atoms. The molecule has 1 heterocycles. The van der Waals surface area contributed by atoms with Crippen molar-refractivity contribution in [3.8, 4) is 16.9 Å². The lowest BCUT2D eigenvalue weighted by atomic mass is 10.0. The molecule has 120 valence electrons. The van der Waals surface area contributed by atoms with E-state index in [2.05, 4.69) is 0 Å². The minimum Gasteiger partial charge on any atom is -0.474 e. The monoisotopic (exact) mass is 337 g/mol. The van der Waals surface area contributed by atoms with Crippen molar-refractivity contribution in [3.05, 3.63) is 78.9 Å². The molecule has 24 heavy (non-hydrogen) atoms. The van der Waals surface area contributed by atoms with Crippen molar-refractivity contribution in [3.63, 3.8) is 0 Å². The van der Waals surface area contributed by atoms with E-state index in [-0.39, 0.29) is 5.94 Å². The van der Waals surface area contributed by atoms with Gasteiger partial charge in [-0.25, -0.2) is 12.7 Å². The van der Waals surface area contributed by atoms with Gasteiger partial charge in [0.05, 0.1) is 11.4 Å². The van der Waals surface area contributed by atoms with Crippen molar-refractivity contribution in [2.45, 2.75) is 0 Å². The second-order valence-corrected chi connectivity index (χ2v) is 7.29. The van der Waals surface area contributed by atoms with Crippen molar-refractivity contribution in [1.29, 1.82) is 0 Å². The number of hydrogen-bond acceptors (Lipinski definition) is 3. The van der Waals surface area contributed by atoms with Gasteiger partial charge in [0.15, 0.2) is 0 Å². The van der Waals surface area contributed by atoms with Gasteiger partial charge in [0, 0.05) is 0 Å². The van der Waals surface area contributed by atoms with Crippen molar-refractivity contribution in [1.82, 2.24) is 0 Å². The van der Waals surface area contributed by atoms with Crippen LogP contribution in [0.25, 0.3) is 11.1 Å². The number of para-hydroxylation sites is 1. The number of ether oxygens (including phenoxy) is 1. The molecule has 0 N–H and O–H groups in total. The van der Waals surface area contributed by atoms with Gasteiger partial charge in [-0.15, -0.1) is 0 Å². The maximum atomic E-state index is 12.6. The van der Waals surface area contributed by atoms with Crippen molar-refractivity contribution < 1.29 is 13.2 Å². The summed E-state index contributed by atoms with van der Waals surface area (Å²) in [6.45, 7) is 0. The highest BCUT2D eigenvalue weighted by Crippen LogP contribution is 2.42. The Morgan fingerprint density at radius 1 is 0.792 bits per heavy atom. The van der Waals surface area contributed by atoms with E-state index in [0.29, 0.717) is 17.1 Å². The van der Waals surface area contributed by atoms with Crippen molar-refractivity contribution in [2.75, 3.05) is 10.2 Å². The molecule has 0 aromatic heterocycles. The number of sulfonamides is 1. The van der Waals surface area contributed by atoms with Gasteiger partial charge < -0.3 is 4.74 Å². The third kappa shape index (κ3) is 2.53. The molecule has 0 atom stereocenters. The summed E-state index contributed by atoms with van der Waals surface area (Å²) in [5, 5.41) is 0. The third-order valence-corrected chi connectivity index (χ3v) is 5.30. The molecule has 3 aromatic rings. The summed E-state index contributed by atoms with van der Waals surface area (Å²) >= 11 is 0. The minimum absolute atomic E-state index is 0.362. The zero-order valence-corrected chi connectivity index (χ0v) is 13.6. The maximum Gasteiger partial charge on any atom is 0.275 e. The van der Waals surface area contributed by atoms with E-state index in [0.717, 1.165) is 11.1 Å². The second kappa shape index (κ2) is 5.69. The number of hydrogen-bond donors (Lipinski definition) is 0. The van der Waals surface area contributed by atoms with E-state index in [9.17, 15) is 8.42 Å². The summed E-state index contributed by atoms with van der Waals surface area (Å²) in [4.78, 5) is 0. The Balaban J connectivity index is 1.90. The fourth-order valence-corrected chi connectivity index (χ4v) is 4.08. The number of nitrogens with zero attached hydrogens (tertiary/aromatic N) is 1. The normalized spacial score (nSPS) is 15.4. The van der Waals surface area contributed by atoms with Crippen LogP contribution in [0.15, 0.2) is 78.9 Å². The Hall–Kier alpha value is -2.79. The van der Waals surface area contributed by atoms with Gasteiger partial charge in [0.2, 0.25) is 5.94 Å². The standard InChI is InChI=1S/C19H15NO3S/c21-24(22)14-23-19-12-11-16(15-7-3-1-4-8-15)13-18(19)20(24)17-9-5-2-6-10-17/h1-13H,14H2. The Morgan fingerprint density at radius 2 is 1.46 bits per heavy atom. The second-order valence-electron chi connectivity index (χ2n) is 5.52. The molecule has 4 nitrogen and oxygen atoms in total. The minimum atomic E-state index is -3.58. The molecule has 0 amide bonds. The van der Waals surface area contributed by atoms with Crippen LogP contribution in [0.2, 0.25) is 0 Å². The smallest absolute Gasteiger partial charge is 0.275 e. The molecule has 0 saturated heterocycles. The highest BCUT2D eigenvalue weighted by molar-refractivity contribution is 7.93. The Bertz CT molecular complexity index is 970. The zero-order chi connectivity index (χ0) is 16.6. The first-order chi connectivity index (χ1) is 11.6. The summed E-state index contributed by atoms with van der Waals surface area (Å²) < 4.78 is 32.0. The summed E-state index contributed by atoms with van der Waals surface area (Å²) in [6, 6.07) is 24.5. The van der Waals surface area contributed by atoms with Gasteiger partial charge in [0.25, 0.3) is 10.0 Å². The Labute approximate surface area is 141 Å². The van der Waals surface area contributed by atoms with E-state index in [1.165, 1.54) is 4.31 Å². The summed E-state index contributed by atoms with van der Waals surface area (Å²) in [6.07, 6.45) is 0. The molecule has 1 aliphatic heterocycles. The van der Waals surface area contributed by atoms with Gasteiger partial charge in [-0.2, -0.15) is 0 Å². The molecule has 0 fully saturated rings. The van der Waals surface area contributed by atoms with Crippen LogP contribution in [0.4, 0.5) is 11.4 Å².